The molecule has 1 N–H and O–H groups in total. The predicted octanol–water partition coefficient (Wildman–Crippen LogP) is 3.62. The van der Waals surface area contributed by atoms with Gasteiger partial charge in [-0.2, -0.15) is 11.8 Å². The summed E-state index contributed by atoms with van der Waals surface area (Å²) in [5.74, 6) is 3.67. The smallest absolute Gasteiger partial charge is 0.142 e. The van der Waals surface area contributed by atoms with E-state index in [0.29, 0.717) is 0 Å². The summed E-state index contributed by atoms with van der Waals surface area (Å²) < 4.78 is 5.06. The lowest BCUT2D eigenvalue weighted by Crippen LogP contribution is -2.04. The fourth-order valence-corrected chi connectivity index (χ4v) is 3.75. The highest BCUT2D eigenvalue weighted by Gasteiger charge is 2.14. The molecule has 0 radical (unpaired) electrons. The quantitative estimate of drug-likeness (QED) is 0.791. The van der Waals surface area contributed by atoms with Gasteiger partial charge >= 0.3 is 0 Å². The van der Waals surface area contributed by atoms with Crippen LogP contribution >= 0.6 is 23.1 Å². The third-order valence-corrected chi connectivity index (χ3v) is 5.10. The van der Waals surface area contributed by atoms with Crippen LogP contribution in [0.25, 0.3) is 10.2 Å². The molecule has 0 aromatic carbocycles. The Balaban J connectivity index is 2.28. The average molecular weight is 311 g/mol. The number of thiophene rings is 1. The highest BCUT2D eigenvalue weighted by molar-refractivity contribution is 7.98. The number of ether oxygens (including phenoxy) is 1. The van der Waals surface area contributed by atoms with Crippen molar-refractivity contribution >= 4 is 39.1 Å². The molecule has 0 saturated heterocycles. The summed E-state index contributed by atoms with van der Waals surface area (Å²) in [6, 6.07) is 0. The van der Waals surface area contributed by atoms with Gasteiger partial charge in [0.2, 0.25) is 0 Å². The molecule has 2 heterocycles. The number of thioether (sulfide) groups is 1. The third kappa shape index (κ3) is 3.42. The van der Waals surface area contributed by atoms with E-state index in [0.717, 1.165) is 41.1 Å². The Hall–Kier alpha value is -0.850. The summed E-state index contributed by atoms with van der Waals surface area (Å²) in [6.45, 7) is 8.02. The number of fused-ring (bicyclic) bond motifs is 1. The van der Waals surface area contributed by atoms with E-state index in [4.69, 9.17) is 9.72 Å². The van der Waals surface area contributed by atoms with Crippen LogP contribution in [0.15, 0.2) is 0 Å². The molecule has 6 heteroatoms. The number of rotatable bonds is 7. The van der Waals surface area contributed by atoms with Crippen molar-refractivity contribution in [1.29, 1.82) is 0 Å². The van der Waals surface area contributed by atoms with Crippen LogP contribution in [0.1, 0.15) is 23.2 Å². The lowest BCUT2D eigenvalue weighted by Gasteiger charge is -2.08. The van der Waals surface area contributed by atoms with Crippen LogP contribution in [-0.4, -0.2) is 36.0 Å². The van der Waals surface area contributed by atoms with E-state index in [1.807, 2.05) is 0 Å². The standard InChI is InChI=1S/C14H21N3OS2/c1-5-15-13-12-9(2)10(3)20-14(12)17-11(16-13)8-19-7-6-18-4/h5-8H2,1-4H3,(H,15,16,17). The zero-order chi connectivity index (χ0) is 14.5. The summed E-state index contributed by atoms with van der Waals surface area (Å²) >= 11 is 3.56. The molecular formula is C14H21N3OS2. The molecule has 110 valence electrons. The minimum atomic E-state index is 0.768. The van der Waals surface area contributed by atoms with Crippen molar-refractivity contribution in [2.45, 2.75) is 26.5 Å². The number of methoxy groups -OCH3 is 1. The Labute approximate surface area is 128 Å². The molecule has 0 aliphatic rings. The molecule has 2 aromatic heterocycles. The lowest BCUT2D eigenvalue weighted by atomic mass is 10.2. The van der Waals surface area contributed by atoms with Gasteiger partial charge in [-0.15, -0.1) is 11.3 Å². The topological polar surface area (TPSA) is 47.0 Å². The maximum absolute atomic E-state index is 5.06. The van der Waals surface area contributed by atoms with E-state index in [1.165, 1.54) is 15.8 Å². The Morgan fingerprint density at radius 1 is 1.30 bits per heavy atom. The number of hydrogen-bond acceptors (Lipinski definition) is 6. The fraction of sp³-hybridized carbons (Fsp3) is 0.571. The maximum atomic E-state index is 5.06. The van der Waals surface area contributed by atoms with Crippen molar-refractivity contribution < 1.29 is 4.74 Å². The van der Waals surface area contributed by atoms with Crippen LogP contribution in [0, 0.1) is 13.8 Å². The van der Waals surface area contributed by atoms with Gasteiger partial charge in [0, 0.05) is 24.3 Å². The van der Waals surface area contributed by atoms with Crippen molar-refractivity contribution in [1.82, 2.24) is 9.97 Å². The van der Waals surface area contributed by atoms with Crippen molar-refractivity contribution in [3.8, 4) is 0 Å². The molecule has 0 aliphatic carbocycles. The van der Waals surface area contributed by atoms with Crippen LogP contribution in [0.5, 0.6) is 0 Å². The van der Waals surface area contributed by atoms with Gasteiger partial charge in [0.15, 0.2) is 0 Å². The predicted molar refractivity (Wildman–Crippen MR) is 89.1 cm³/mol. The molecule has 0 saturated carbocycles. The zero-order valence-corrected chi connectivity index (χ0v) is 14.1. The normalized spacial score (nSPS) is 11.2. The molecular weight excluding hydrogens is 290 g/mol. The first kappa shape index (κ1) is 15.5. The Kier molecular flexibility index (Phi) is 5.63. The first-order valence-corrected chi connectivity index (χ1v) is 8.71. The molecule has 0 amide bonds. The summed E-state index contributed by atoms with van der Waals surface area (Å²) in [4.78, 5) is 11.8. The Morgan fingerprint density at radius 3 is 2.80 bits per heavy atom. The van der Waals surface area contributed by atoms with Crippen molar-refractivity contribution in [2.75, 3.05) is 31.3 Å². The second-order valence-corrected chi connectivity index (χ2v) is 6.84. The Bertz CT molecular complexity index is 583. The van der Waals surface area contributed by atoms with Gasteiger partial charge in [0.05, 0.1) is 17.7 Å². The van der Waals surface area contributed by atoms with Crippen LogP contribution in [0.4, 0.5) is 5.82 Å². The molecule has 2 aromatic rings. The van der Waals surface area contributed by atoms with Crippen LogP contribution < -0.4 is 5.32 Å². The number of nitrogens with zero attached hydrogens (tertiary/aromatic N) is 2. The van der Waals surface area contributed by atoms with Gasteiger partial charge in [-0.3, -0.25) is 0 Å². The van der Waals surface area contributed by atoms with Gasteiger partial charge < -0.3 is 10.1 Å². The number of hydrogen-bond donors (Lipinski definition) is 1. The van der Waals surface area contributed by atoms with Gasteiger partial charge in [-0.05, 0) is 26.3 Å². The summed E-state index contributed by atoms with van der Waals surface area (Å²) in [5.41, 5.74) is 1.29. The molecule has 2 rings (SSSR count). The van der Waals surface area contributed by atoms with Crippen LogP contribution in [0.2, 0.25) is 0 Å². The number of aryl methyl sites for hydroxylation is 2. The number of nitrogens with one attached hydrogen (secondary N) is 1. The average Bonchev–Trinajstić information content (AvgIpc) is 2.71. The highest BCUT2D eigenvalue weighted by Crippen LogP contribution is 2.33. The van der Waals surface area contributed by atoms with E-state index in [-0.39, 0.29) is 0 Å². The number of anilines is 1. The molecule has 0 aliphatic heterocycles. The van der Waals surface area contributed by atoms with E-state index < -0.39 is 0 Å². The van der Waals surface area contributed by atoms with Crippen molar-refractivity contribution in [2.24, 2.45) is 0 Å². The van der Waals surface area contributed by atoms with E-state index >= 15 is 0 Å². The summed E-state index contributed by atoms with van der Waals surface area (Å²) in [6.07, 6.45) is 0. The monoisotopic (exact) mass is 311 g/mol. The van der Waals surface area contributed by atoms with Gasteiger partial charge in [0.1, 0.15) is 16.5 Å². The zero-order valence-electron chi connectivity index (χ0n) is 12.4. The number of aromatic nitrogens is 2. The summed E-state index contributed by atoms with van der Waals surface area (Å²) in [7, 11) is 1.73. The van der Waals surface area contributed by atoms with E-state index in [9.17, 15) is 0 Å². The molecule has 0 fully saturated rings. The van der Waals surface area contributed by atoms with Crippen molar-refractivity contribution in [3.05, 3.63) is 16.3 Å². The third-order valence-electron chi connectivity index (χ3n) is 3.08. The Morgan fingerprint density at radius 2 is 2.10 bits per heavy atom. The maximum Gasteiger partial charge on any atom is 0.142 e. The largest absolute Gasteiger partial charge is 0.384 e. The van der Waals surface area contributed by atoms with E-state index in [2.05, 4.69) is 31.1 Å². The van der Waals surface area contributed by atoms with Gasteiger partial charge in [-0.25, -0.2) is 9.97 Å². The van der Waals surface area contributed by atoms with Gasteiger partial charge in [0.25, 0.3) is 0 Å². The molecule has 0 spiro atoms. The second kappa shape index (κ2) is 7.24. The van der Waals surface area contributed by atoms with Crippen molar-refractivity contribution in [3.63, 3.8) is 0 Å². The molecule has 0 unspecified atom stereocenters. The van der Waals surface area contributed by atoms with E-state index in [1.54, 1.807) is 30.2 Å². The minimum absolute atomic E-state index is 0.768. The molecule has 0 atom stereocenters. The molecule has 4 nitrogen and oxygen atoms in total. The van der Waals surface area contributed by atoms with Gasteiger partial charge in [-0.1, -0.05) is 0 Å². The lowest BCUT2D eigenvalue weighted by molar-refractivity contribution is 0.218. The van der Waals surface area contributed by atoms with Crippen LogP contribution in [0.3, 0.4) is 0 Å². The second-order valence-electron chi connectivity index (χ2n) is 4.53. The summed E-state index contributed by atoms with van der Waals surface area (Å²) in [5, 5.41) is 4.55. The first-order chi connectivity index (χ1) is 9.67. The highest BCUT2D eigenvalue weighted by atomic mass is 32.2. The minimum Gasteiger partial charge on any atom is -0.384 e. The fourth-order valence-electron chi connectivity index (χ4n) is 1.96. The first-order valence-electron chi connectivity index (χ1n) is 6.74. The molecule has 0 bridgehead atoms. The SMILES string of the molecule is CCNc1nc(CSCCOC)nc2sc(C)c(C)c12. The molecule has 20 heavy (non-hydrogen) atoms. The van der Waals surface area contributed by atoms with Crippen LogP contribution in [-0.2, 0) is 10.5 Å².